The van der Waals surface area contributed by atoms with Crippen LogP contribution >= 0.6 is 11.6 Å². The molecule has 2 aromatic carbocycles. The number of benzene rings is 2. The van der Waals surface area contributed by atoms with Crippen LogP contribution in [-0.4, -0.2) is 18.5 Å². The minimum absolute atomic E-state index is 0.0639. The molecule has 0 atom stereocenters. The van der Waals surface area contributed by atoms with Crippen molar-refractivity contribution in [3.63, 3.8) is 0 Å². The molecule has 0 radical (unpaired) electrons. The zero-order chi connectivity index (χ0) is 16.7. The maximum absolute atomic E-state index is 12.1. The summed E-state index contributed by atoms with van der Waals surface area (Å²) in [5.74, 6) is -0.401. The lowest BCUT2D eigenvalue weighted by molar-refractivity contribution is -0.142. The number of esters is 2. The molecule has 0 aromatic heterocycles. The highest BCUT2D eigenvalue weighted by atomic mass is 35.5. The molecular weight excluding hydrogens is 316 g/mol. The number of carbonyl (C=O) groups excluding carboxylic acids is 2. The fraction of sp³-hybridized carbons (Fsp3) is 0.222. The molecule has 0 bridgehead atoms. The number of halogens is 1. The Morgan fingerprint density at radius 1 is 1.00 bits per heavy atom. The summed E-state index contributed by atoms with van der Waals surface area (Å²) in [5.41, 5.74) is 1.38. The Balaban J connectivity index is 2.04. The normalized spacial score (nSPS) is 10.2. The molecule has 5 heteroatoms. The van der Waals surface area contributed by atoms with Crippen molar-refractivity contribution in [1.82, 2.24) is 0 Å². The molecule has 0 saturated carbocycles. The van der Waals surface area contributed by atoms with Crippen molar-refractivity contribution in [2.24, 2.45) is 0 Å². The van der Waals surface area contributed by atoms with Crippen LogP contribution < -0.4 is 4.74 Å². The molecular formula is C18H17ClO4. The van der Waals surface area contributed by atoms with Gasteiger partial charge in [-0.25, -0.2) is 0 Å². The van der Waals surface area contributed by atoms with Crippen LogP contribution in [-0.2, 0) is 27.2 Å². The Labute approximate surface area is 140 Å². The Hall–Kier alpha value is -2.33. The number of para-hydroxylation sites is 1. The summed E-state index contributed by atoms with van der Waals surface area (Å²) in [4.78, 5) is 23.7. The van der Waals surface area contributed by atoms with Crippen molar-refractivity contribution >= 4 is 23.5 Å². The van der Waals surface area contributed by atoms with Crippen molar-refractivity contribution in [3.05, 3.63) is 64.7 Å². The number of rotatable bonds is 6. The Bertz CT molecular complexity index is 697. The van der Waals surface area contributed by atoms with Gasteiger partial charge in [0.25, 0.3) is 0 Å². The third-order valence-electron chi connectivity index (χ3n) is 3.07. The van der Waals surface area contributed by atoms with E-state index in [1.807, 2.05) is 0 Å². The van der Waals surface area contributed by atoms with Crippen molar-refractivity contribution in [2.45, 2.75) is 19.8 Å². The van der Waals surface area contributed by atoms with Crippen LogP contribution in [0.3, 0.4) is 0 Å². The predicted octanol–water partition coefficient (Wildman–Crippen LogP) is 3.59. The first-order valence-electron chi connectivity index (χ1n) is 7.27. The quantitative estimate of drug-likeness (QED) is 0.599. The second-order valence-electron chi connectivity index (χ2n) is 4.87. The first-order valence-corrected chi connectivity index (χ1v) is 7.65. The fourth-order valence-electron chi connectivity index (χ4n) is 2.09. The van der Waals surface area contributed by atoms with Crippen molar-refractivity contribution in [3.8, 4) is 5.75 Å². The summed E-state index contributed by atoms with van der Waals surface area (Å²) in [5, 5.41) is 0.568. The monoisotopic (exact) mass is 332 g/mol. The highest BCUT2D eigenvalue weighted by Crippen LogP contribution is 2.20. The van der Waals surface area contributed by atoms with E-state index in [-0.39, 0.29) is 18.8 Å². The van der Waals surface area contributed by atoms with E-state index in [9.17, 15) is 9.59 Å². The second-order valence-corrected chi connectivity index (χ2v) is 5.31. The molecule has 0 aliphatic rings. The highest BCUT2D eigenvalue weighted by Gasteiger charge is 2.13. The van der Waals surface area contributed by atoms with Gasteiger partial charge in [0, 0.05) is 10.6 Å². The SMILES string of the molecule is CCOC(=O)Cc1ccccc1OC(=O)Cc1cccc(Cl)c1. The third-order valence-corrected chi connectivity index (χ3v) is 3.31. The van der Waals surface area contributed by atoms with Crippen LogP contribution in [0.25, 0.3) is 0 Å². The molecule has 0 aliphatic carbocycles. The van der Waals surface area contributed by atoms with Crippen molar-refractivity contribution in [1.29, 1.82) is 0 Å². The van der Waals surface area contributed by atoms with Crippen LogP contribution in [0.5, 0.6) is 5.75 Å². The zero-order valence-corrected chi connectivity index (χ0v) is 13.5. The van der Waals surface area contributed by atoms with E-state index in [4.69, 9.17) is 21.1 Å². The van der Waals surface area contributed by atoms with E-state index >= 15 is 0 Å². The van der Waals surface area contributed by atoms with Gasteiger partial charge < -0.3 is 9.47 Å². The van der Waals surface area contributed by atoms with Gasteiger partial charge in [0.15, 0.2) is 0 Å². The summed E-state index contributed by atoms with van der Waals surface area (Å²) in [6.07, 6.45) is 0.169. The fourth-order valence-corrected chi connectivity index (χ4v) is 2.30. The predicted molar refractivity (Wildman–Crippen MR) is 87.6 cm³/mol. The molecule has 0 heterocycles. The Kier molecular flexibility index (Phi) is 6.18. The lowest BCUT2D eigenvalue weighted by Gasteiger charge is -2.10. The summed E-state index contributed by atoms with van der Waals surface area (Å²) < 4.78 is 10.3. The largest absolute Gasteiger partial charge is 0.466 e. The molecule has 0 amide bonds. The summed E-state index contributed by atoms with van der Waals surface area (Å²) in [7, 11) is 0. The smallest absolute Gasteiger partial charge is 0.315 e. The minimum atomic E-state index is -0.413. The van der Waals surface area contributed by atoms with Gasteiger partial charge in [-0.3, -0.25) is 9.59 Å². The van der Waals surface area contributed by atoms with E-state index in [1.165, 1.54) is 0 Å². The standard InChI is InChI=1S/C18H17ClO4/c1-2-22-17(20)12-14-7-3-4-9-16(14)23-18(21)11-13-6-5-8-15(19)10-13/h3-10H,2,11-12H2,1H3. The van der Waals surface area contributed by atoms with E-state index in [2.05, 4.69) is 0 Å². The second kappa shape index (κ2) is 8.34. The zero-order valence-electron chi connectivity index (χ0n) is 12.8. The van der Waals surface area contributed by atoms with E-state index in [0.29, 0.717) is 22.9 Å². The van der Waals surface area contributed by atoms with Crippen molar-refractivity contribution in [2.75, 3.05) is 6.61 Å². The molecule has 0 unspecified atom stereocenters. The average molecular weight is 333 g/mol. The number of ether oxygens (including phenoxy) is 2. The molecule has 0 N–H and O–H groups in total. The highest BCUT2D eigenvalue weighted by molar-refractivity contribution is 6.30. The van der Waals surface area contributed by atoms with E-state index in [0.717, 1.165) is 5.56 Å². The van der Waals surface area contributed by atoms with Crippen LogP contribution in [0.2, 0.25) is 5.02 Å². The number of carbonyl (C=O) groups is 2. The molecule has 4 nitrogen and oxygen atoms in total. The topological polar surface area (TPSA) is 52.6 Å². The number of hydrogen-bond acceptors (Lipinski definition) is 4. The maximum atomic E-state index is 12.1. The molecule has 23 heavy (non-hydrogen) atoms. The Morgan fingerprint density at radius 3 is 2.52 bits per heavy atom. The average Bonchev–Trinajstić information content (AvgIpc) is 2.49. The van der Waals surface area contributed by atoms with E-state index in [1.54, 1.807) is 55.5 Å². The summed E-state index contributed by atoms with van der Waals surface area (Å²) >= 11 is 5.90. The molecule has 0 aliphatic heterocycles. The molecule has 2 rings (SSSR count). The molecule has 120 valence electrons. The Morgan fingerprint density at radius 2 is 1.78 bits per heavy atom. The van der Waals surface area contributed by atoms with Crippen LogP contribution in [0.4, 0.5) is 0 Å². The number of hydrogen-bond donors (Lipinski definition) is 0. The molecule has 2 aromatic rings. The van der Waals surface area contributed by atoms with Crippen LogP contribution in [0.15, 0.2) is 48.5 Å². The lowest BCUT2D eigenvalue weighted by Crippen LogP contribution is -2.14. The van der Waals surface area contributed by atoms with Crippen molar-refractivity contribution < 1.29 is 19.1 Å². The van der Waals surface area contributed by atoms with E-state index < -0.39 is 5.97 Å². The van der Waals surface area contributed by atoms with Gasteiger partial charge in [-0.05, 0) is 30.7 Å². The van der Waals surface area contributed by atoms with Gasteiger partial charge >= 0.3 is 11.9 Å². The van der Waals surface area contributed by atoms with Crippen LogP contribution in [0.1, 0.15) is 18.1 Å². The third kappa shape index (κ3) is 5.42. The van der Waals surface area contributed by atoms with Gasteiger partial charge in [-0.15, -0.1) is 0 Å². The van der Waals surface area contributed by atoms with Gasteiger partial charge in [-0.2, -0.15) is 0 Å². The molecule has 0 saturated heterocycles. The van der Waals surface area contributed by atoms with Gasteiger partial charge in [0.2, 0.25) is 0 Å². The summed E-state index contributed by atoms with van der Waals surface area (Å²) in [6.45, 7) is 2.06. The summed E-state index contributed by atoms with van der Waals surface area (Å²) in [6, 6.07) is 14.0. The lowest BCUT2D eigenvalue weighted by atomic mass is 10.1. The molecule has 0 spiro atoms. The first kappa shape index (κ1) is 17.0. The minimum Gasteiger partial charge on any atom is -0.466 e. The van der Waals surface area contributed by atoms with Gasteiger partial charge in [-0.1, -0.05) is 41.9 Å². The maximum Gasteiger partial charge on any atom is 0.315 e. The van der Waals surface area contributed by atoms with Gasteiger partial charge in [0.1, 0.15) is 5.75 Å². The first-order chi connectivity index (χ1) is 11.1. The van der Waals surface area contributed by atoms with Crippen LogP contribution in [0, 0.1) is 0 Å². The molecule has 0 fully saturated rings. The van der Waals surface area contributed by atoms with Gasteiger partial charge in [0.05, 0.1) is 19.4 Å².